The van der Waals surface area contributed by atoms with E-state index in [0.29, 0.717) is 0 Å². The van der Waals surface area contributed by atoms with Gasteiger partial charge in [-0.1, -0.05) is 12.0 Å². The van der Waals surface area contributed by atoms with Crippen LogP contribution in [-0.4, -0.2) is 11.9 Å². The van der Waals surface area contributed by atoms with Crippen molar-refractivity contribution >= 4 is 5.91 Å². The van der Waals surface area contributed by atoms with Gasteiger partial charge in [-0.3, -0.25) is 4.79 Å². The van der Waals surface area contributed by atoms with E-state index in [2.05, 4.69) is 11.2 Å². The summed E-state index contributed by atoms with van der Waals surface area (Å²) >= 11 is 0. The molecule has 0 fully saturated rings. The number of carbonyl (C=O) groups is 1. The molecule has 0 aliphatic rings. The van der Waals surface area contributed by atoms with Crippen molar-refractivity contribution in [2.24, 2.45) is 0 Å². The number of hydrogen-bond donors (Lipinski definition) is 1. The minimum Gasteiger partial charge on any atom is -0.339 e. The van der Waals surface area contributed by atoms with Crippen LogP contribution < -0.4 is 5.32 Å². The molecule has 1 N–H and O–H groups in total. The van der Waals surface area contributed by atoms with Crippen molar-refractivity contribution in [1.82, 2.24) is 5.32 Å². The zero-order valence-corrected chi connectivity index (χ0v) is 8.05. The third-order valence-corrected chi connectivity index (χ3v) is 1.79. The van der Waals surface area contributed by atoms with Gasteiger partial charge in [-0.15, -0.1) is 6.42 Å². The number of nitrogens with one attached hydrogen (secondary N) is 1. The molecule has 0 bridgehead atoms. The molecule has 1 atom stereocenters. The van der Waals surface area contributed by atoms with E-state index in [4.69, 9.17) is 6.42 Å². The Labute approximate surface area is 86.3 Å². The molecule has 4 heteroatoms. The SMILES string of the molecule is C#CC(C)NC(=O)c1c(F)cccc1F. The summed E-state index contributed by atoms with van der Waals surface area (Å²) in [6.45, 7) is 1.54. The molecule has 1 unspecified atom stereocenters. The molecular formula is C11H9F2NO. The summed E-state index contributed by atoms with van der Waals surface area (Å²) in [6, 6.07) is 2.64. The molecule has 0 heterocycles. The van der Waals surface area contributed by atoms with Crippen LogP contribution in [0.5, 0.6) is 0 Å². The minimum absolute atomic E-state index is 0.573. The summed E-state index contributed by atoms with van der Waals surface area (Å²) in [5.41, 5.74) is -0.611. The summed E-state index contributed by atoms with van der Waals surface area (Å²) in [6.07, 6.45) is 5.02. The molecule has 78 valence electrons. The molecule has 0 aliphatic carbocycles. The van der Waals surface area contributed by atoms with Gasteiger partial charge < -0.3 is 5.32 Å². The van der Waals surface area contributed by atoms with Crippen molar-refractivity contribution in [2.75, 3.05) is 0 Å². The van der Waals surface area contributed by atoms with Crippen molar-refractivity contribution in [1.29, 1.82) is 0 Å². The van der Waals surface area contributed by atoms with E-state index in [0.717, 1.165) is 12.1 Å². The van der Waals surface area contributed by atoms with Gasteiger partial charge in [-0.05, 0) is 19.1 Å². The first-order chi connectivity index (χ1) is 7.06. The van der Waals surface area contributed by atoms with Crippen LogP contribution in [0.2, 0.25) is 0 Å². The molecule has 1 aromatic carbocycles. The highest BCUT2D eigenvalue weighted by molar-refractivity contribution is 5.95. The second kappa shape index (κ2) is 4.56. The lowest BCUT2D eigenvalue weighted by atomic mass is 10.1. The number of benzene rings is 1. The van der Waals surface area contributed by atoms with Crippen LogP contribution in [-0.2, 0) is 0 Å². The first kappa shape index (κ1) is 11.2. The predicted octanol–water partition coefficient (Wildman–Crippen LogP) is 1.72. The minimum atomic E-state index is -0.906. The normalized spacial score (nSPS) is 11.6. The molecule has 1 amide bonds. The van der Waals surface area contributed by atoms with Crippen LogP contribution >= 0.6 is 0 Å². The Hall–Kier alpha value is -1.89. The number of amides is 1. The van der Waals surface area contributed by atoms with Crippen LogP contribution in [0.25, 0.3) is 0 Å². The maximum Gasteiger partial charge on any atom is 0.258 e. The Morgan fingerprint density at radius 2 is 2.00 bits per heavy atom. The molecule has 15 heavy (non-hydrogen) atoms. The zero-order valence-electron chi connectivity index (χ0n) is 8.05. The number of carbonyl (C=O) groups excluding carboxylic acids is 1. The summed E-state index contributed by atoms with van der Waals surface area (Å²) < 4.78 is 26.2. The Balaban J connectivity index is 2.97. The van der Waals surface area contributed by atoms with Crippen LogP contribution in [0.3, 0.4) is 0 Å². The van der Waals surface area contributed by atoms with Crippen molar-refractivity contribution < 1.29 is 13.6 Å². The maximum atomic E-state index is 13.1. The predicted molar refractivity (Wildman–Crippen MR) is 52.1 cm³/mol. The second-order valence-electron chi connectivity index (χ2n) is 2.96. The van der Waals surface area contributed by atoms with Crippen molar-refractivity contribution in [3.63, 3.8) is 0 Å². The van der Waals surface area contributed by atoms with Crippen molar-refractivity contribution in [2.45, 2.75) is 13.0 Å². The zero-order chi connectivity index (χ0) is 11.4. The van der Waals surface area contributed by atoms with Crippen LogP contribution in [0.15, 0.2) is 18.2 Å². The highest BCUT2D eigenvalue weighted by atomic mass is 19.1. The lowest BCUT2D eigenvalue weighted by Gasteiger charge is -2.08. The summed E-state index contributed by atoms with van der Waals surface area (Å²) in [7, 11) is 0. The molecule has 2 nitrogen and oxygen atoms in total. The molecule has 1 aromatic rings. The van der Waals surface area contributed by atoms with Gasteiger partial charge in [0, 0.05) is 0 Å². The van der Waals surface area contributed by atoms with Gasteiger partial charge in [0.15, 0.2) is 0 Å². The number of terminal acetylenes is 1. The van der Waals surface area contributed by atoms with Gasteiger partial charge in [0.05, 0.1) is 6.04 Å². The lowest BCUT2D eigenvalue weighted by Crippen LogP contribution is -2.32. The van der Waals surface area contributed by atoms with E-state index < -0.39 is 29.1 Å². The molecule has 0 saturated heterocycles. The largest absolute Gasteiger partial charge is 0.339 e. The third-order valence-electron chi connectivity index (χ3n) is 1.79. The van der Waals surface area contributed by atoms with Crippen LogP contribution in [0.4, 0.5) is 8.78 Å². The fourth-order valence-corrected chi connectivity index (χ4v) is 1.03. The third kappa shape index (κ3) is 2.53. The lowest BCUT2D eigenvalue weighted by molar-refractivity contribution is 0.0939. The average Bonchev–Trinajstić information content (AvgIpc) is 2.17. The van der Waals surface area contributed by atoms with E-state index >= 15 is 0 Å². The summed E-state index contributed by atoms with van der Waals surface area (Å²) in [4.78, 5) is 11.4. The number of hydrogen-bond acceptors (Lipinski definition) is 1. The van der Waals surface area contributed by atoms with E-state index in [1.165, 1.54) is 13.0 Å². The van der Waals surface area contributed by atoms with Gasteiger partial charge in [0.25, 0.3) is 5.91 Å². The van der Waals surface area contributed by atoms with Gasteiger partial charge in [-0.25, -0.2) is 8.78 Å². The van der Waals surface area contributed by atoms with E-state index in [1.807, 2.05) is 0 Å². The first-order valence-corrected chi connectivity index (χ1v) is 4.27. The van der Waals surface area contributed by atoms with Gasteiger partial charge in [-0.2, -0.15) is 0 Å². The first-order valence-electron chi connectivity index (χ1n) is 4.27. The molecule has 0 aromatic heterocycles. The molecule has 0 spiro atoms. The van der Waals surface area contributed by atoms with E-state index in [-0.39, 0.29) is 0 Å². The van der Waals surface area contributed by atoms with Crippen molar-refractivity contribution in [3.8, 4) is 12.3 Å². The van der Waals surface area contributed by atoms with Gasteiger partial charge >= 0.3 is 0 Å². The van der Waals surface area contributed by atoms with E-state index in [1.54, 1.807) is 0 Å². The number of halogens is 2. The van der Waals surface area contributed by atoms with E-state index in [9.17, 15) is 13.6 Å². The molecule has 0 radical (unpaired) electrons. The average molecular weight is 209 g/mol. The Bertz CT molecular complexity index is 403. The van der Waals surface area contributed by atoms with Crippen LogP contribution in [0, 0.1) is 24.0 Å². The molecule has 0 saturated carbocycles. The maximum absolute atomic E-state index is 13.1. The fraction of sp³-hybridized carbons (Fsp3) is 0.182. The van der Waals surface area contributed by atoms with Gasteiger partial charge in [0.1, 0.15) is 17.2 Å². The number of rotatable bonds is 2. The Kier molecular flexibility index (Phi) is 3.40. The standard InChI is InChI=1S/C11H9F2NO/c1-3-7(2)14-11(15)10-8(12)5-4-6-9(10)13/h1,4-7H,2H3,(H,14,15). The monoisotopic (exact) mass is 209 g/mol. The molecule has 1 rings (SSSR count). The highest BCUT2D eigenvalue weighted by Gasteiger charge is 2.17. The highest BCUT2D eigenvalue weighted by Crippen LogP contribution is 2.11. The Morgan fingerprint density at radius 1 is 1.47 bits per heavy atom. The fourth-order valence-electron chi connectivity index (χ4n) is 1.03. The van der Waals surface area contributed by atoms with Gasteiger partial charge in [0.2, 0.25) is 0 Å². The van der Waals surface area contributed by atoms with Crippen LogP contribution in [0.1, 0.15) is 17.3 Å². The summed E-state index contributed by atoms with van der Waals surface area (Å²) in [5, 5.41) is 2.27. The topological polar surface area (TPSA) is 29.1 Å². The molecular weight excluding hydrogens is 200 g/mol. The second-order valence-corrected chi connectivity index (χ2v) is 2.96. The van der Waals surface area contributed by atoms with Crippen molar-refractivity contribution in [3.05, 3.63) is 35.4 Å². The Morgan fingerprint density at radius 3 is 2.47 bits per heavy atom. The molecule has 0 aliphatic heterocycles. The smallest absolute Gasteiger partial charge is 0.258 e. The quantitative estimate of drug-likeness (QED) is 0.738. The summed E-state index contributed by atoms with van der Waals surface area (Å²) in [5.74, 6) is -0.435.